The Morgan fingerprint density at radius 3 is 2.64 bits per heavy atom. The van der Waals surface area contributed by atoms with E-state index in [1.165, 1.54) is 0 Å². The zero-order valence-corrected chi connectivity index (χ0v) is 8.78. The number of carbonyl (C=O) groups is 1. The second-order valence-electron chi connectivity index (χ2n) is 2.99. The molecule has 0 aliphatic rings. The first-order valence-corrected chi connectivity index (χ1v) is 5.11. The van der Waals surface area contributed by atoms with Crippen LogP contribution in [0.1, 0.15) is 26.7 Å². The minimum Gasteiger partial charge on any atom is -0.356 e. The van der Waals surface area contributed by atoms with Crippen LogP contribution in [-0.4, -0.2) is 17.8 Å². The molecule has 0 saturated carbocycles. The highest BCUT2D eigenvalue weighted by atomic mass is 79.9. The summed E-state index contributed by atoms with van der Waals surface area (Å²) in [6.45, 7) is 4.88. The molecule has 0 rings (SSSR count). The third-order valence-corrected chi connectivity index (χ3v) is 1.79. The van der Waals surface area contributed by atoms with E-state index in [0.717, 1.165) is 18.3 Å². The Bertz CT molecular complexity index is 115. The molecule has 0 saturated heterocycles. The van der Waals surface area contributed by atoms with Gasteiger partial charge in [0.25, 0.3) is 0 Å². The molecule has 1 amide bonds. The Labute approximate surface area is 76.9 Å². The number of alkyl halides is 1. The summed E-state index contributed by atoms with van der Waals surface area (Å²) in [4.78, 5) is 11.0. The Kier molecular flexibility index (Phi) is 6.62. The van der Waals surface area contributed by atoms with Crippen molar-refractivity contribution in [3.63, 3.8) is 0 Å². The molecule has 0 aromatic carbocycles. The number of amides is 1. The average molecular weight is 222 g/mol. The molecule has 11 heavy (non-hydrogen) atoms. The van der Waals surface area contributed by atoms with Crippen LogP contribution in [0.25, 0.3) is 0 Å². The molecular formula is C8H16BrNO. The zero-order chi connectivity index (χ0) is 8.69. The summed E-state index contributed by atoms with van der Waals surface area (Å²) >= 11 is 3.30. The van der Waals surface area contributed by atoms with Crippen LogP contribution in [0.4, 0.5) is 0 Å². The SMILES string of the molecule is CC(C)CC(=O)NCCCBr. The van der Waals surface area contributed by atoms with Gasteiger partial charge < -0.3 is 5.32 Å². The van der Waals surface area contributed by atoms with Gasteiger partial charge in [-0.05, 0) is 12.3 Å². The molecule has 0 radical (unpaired) electrons. The highest BCUT2D eigenvalue weighted by Crippen LogP contribution is 1.97. The minimum atomic E-state index is 0.168. The molecule has 1 N–H and O–H groups in total. The number of rotatable bonds is 5. The minimum absolute atomic E-state index is 0.168. The molecule has 0 bridgehead atoms. The van der Waals surface area contributed by atoms with Gasteiger partial charge >= 0.3 is 0 Å². The lowest BCUT2D eigenvalue weighted by atomic mass is 10.1. The highest BCUT2D eigenvalue weighted by Gasteiger charge is 2.02. The lowest BCUT2D eigenvalue weighted by Gasteiger charge is -2.05. The molecule has 0 aromatic heterocycles. The van der Waals surface area contributed by atoms with Gasteiger partial charge in [-0.15, -0.1) is 0 Å². The fraction of sp³-hybridized carbons (Fsp3) is 0.875. The monoisotopic (exact) mass is 221 g/mol. The molecule has 0 aliphatic carbocycles. The van der Waals surface area contributed by atoms with E-state index in [1.807, 2.05) is 13.8 Å². The van der Waals surface area contributed by atoms with Gasteiger partial charge in [-0.3, -0.25) is 4.79 Å². The molecule has 66 valence electrons. The lowest BCUT2D eigenvalue weighted by molar-refractivity contribution is -0.121. The van der Waals surface area contributed by atoms with Crippen LogP contribution in [0.2, 0.25) is 0 Å². The van der Waals surface area contributed by atoms with Gasteiger partial charge in [0.05, 0.1) is 0 Å². The van der Waals surface area contributed by atoms with Crippen molar-refractivity contribution in [3.8, 4) is 0 Å². The summed E-state index contributed by atoms with van der Waals surface area (Å²) < 4.78 is 0. The van der Waals surface area contributed by atoms with Crippen LogP contribution in [0, 0.1) is 5.92 Å². The summed E-state index contributed by atoms with van der Waals surface area (Å²) in [5.41, 5.74) is 0. The topological polar surface area (TPSA) is 29.1 Å². The van der Waals surface area contributed by atoms with E-state index in [-0.39, 0.29) is 5.91 Å². The Balaban J connectivity index is 3.23. The van der Waals surface area contributed by atoms with Gasteiger partial charge in [0.15, 0.2) is 0 Å². The van der Waals surface area contributed by atoms with Crippen molar-refractivity contribution < 1.29 is 4.79 Å². The van der Waals surface area contributed by atoms with Gasteiger partial charge in [0.2, 0.25) is 5.91 Å². The molecule has 0 aliphatic heterocycles. The summed E-state index contributed by atoms with van der Waals surface area (Å²) in [6.07, 6.45) is 1.64. The normalized spacial score (nSPS) is 10.2. The fourth-order valence-electron chi connectivity index (χ4n) is 0.738. The van der Waals surface area contributed by atoms with Gasteiger partial charge in [-0.25, -0.2) is 0 Å². The summed E-state index contributed by atoms with van der Waals surface area (Å²) in [5, 5.41) is 3.80. The number of carbonyl (C=O) groups excluding carboxylic acids is 1. The predicted molar refractivity (Wildman–Crippen MR) is 50.9 cm³/mol. The van der Waals surface area contributed by atoms with Crippen LogP contribution >= 0.6 is 15.9 Å². The fourth-order valence-corrected chi connectivity index (χ4v) is 1.02. The van der Waals surface area contributed by atoms with Crippen molar-refractivity contribution >= 4 is 21.8 Å². The number of hydrogen-bond donors (Lipinski definition) is 1. The summed E-state index contributed by atoms with van der Waals surface area (Å²) in [7, 11) is 0. The third-order valence-electron chi connectivity index (χ3n) is 1.23. The van der Waals surface area contributed by atoms with Crippen molar-refractivity contribution in [1.82, 2.24) is 5.32 Å². The van der Waals surface area contributed by atoms with Crippen molar-refractivity contribution in [1.29, 1.82) is 0 Å². The largest absolute Gasteiger partial charge is 0.356 e. The van der Waals surface area contributed by atoms with E-state index in [4.69, 9.17) is 0 Å². The number of nitrogens with one attached hydrogen (secondary N) is 1. The molecular weight excluding hydrogens is 206 g/mol. The standard InChI is InChI=1S/C8H16BrNO/c1-7(2)6-8(11)10-5-3-4-9/h7H,3-6H2,1-2H3,(H,10,11). The van der Waals surface area contributed by atoms with Crippen molar-refractivity contribution in [2.24, 2.45) is 5.92 Å². The van der Waals surface area contributed by atoms with Crippen LogP contribution in [-0.2, 0) is 4.79 Å². The molecule has 0 unspecified atom stereocenters. The van der Waals surface area contributed by atoms with Crippen molar-refractivity contribution in [3.05, 3.63) is 0 Å². The van der Waals surface area contributed by atoms with E-state index in [2.05, 4.69) is 21.2 Å². The first-order valence-electron chi connectivity index (χ1n) is 3.99. The number of halogens is 1. The zero-order valence-electron chi connectivity index (χ0n) is 7.19. The number of hydrogen-bond acceptors (Lipinski definition) is 1. The average Bonchev–Trinajstić information content (AvgIpc) is 1.86. The molecule has 0 spiro atoms. The molecule has 0 aromatic rings. The summed E-state index contributed by atoms with van der Waals surface area (Å²) in [5.74, 6) is 0.625. The first-order chi connectivity index (χ1) is 5.16. The Morgan fingerprint density at radius 1 is 1.55 bits per heavy atom. The van der Waals surface area contributed by atoms with Crippen molar-refractivity contribution in [2.75, 3.05) is 11.9 Å². The smallest absolute Gasteiger partial charge is 0.220 e. The van der Waals surface area contributed by atoms with Crippen molar-refractivity contribution in [2.45, 2.75) is 26.7 Å². The highest BCUT2D eigenvalue weighted by molar-refractivity contribution is 9.09. The first kappa shape index (κ1) is 11.0. The maximum Gasteiger partial charge on any atom is 0.220 e. The van der Waals surface area contributed by atoms with Gasteiger partial charge in [-0.1, -0.05) is 29.8 Å². The van der Waals surface area contributed by atoms with Gasteiger partial charge in [0, 0.05) is 18.3 Å². The third kappa shape index (κ3) is 7.85. The molecule has 0 fully saturated rings. The second kappa shape index (κ2) is 6.65. The lowest BCUT2D eigenvalue weighted by Crippen LogP contribution is -2.25. The van der Waals surface area contributed by atoms with E-state index < -0.39 is 0 Å². The van der Waals surface area contributed by atoms with Crippen LogP contribution in [0.15, 0.2) is 0 Å². The van der Waals surface area contributed by atoms with Crippen LogP contribution < -0.4 is 5.32 Å². The Hall–Kier alpha value is -0.0500. The maximum atomic E-state index is 11.0. The van der Waals surface area contributed by atoms with Gasteiger partial charge in [0.1, 0.15) is 0 Å². The summed E-state index contributed by atoms with van der Waals surface area (Å²) in [6, 6.07) is 0. The maximum absolute atomic E-state index is 11.0. The van der Waals surface area contributed by atoms with E-state index in [9.17, 15) is 4.79 Å². The quantitative estimate of drug-likeness (QED) is 0.559. The van der Waals surface area contributed by atoms with Gasteiger partial charge in [-0.2, -0.15) is 0 Å². The van der Waals surface area contributed by atoms with E-state index in [0.29, 0.717) is 12.3 Å². The van der Waals surface area contributed by atoms with Crippen LogP contribution in [0.3, 0.4) is 0 Å². The predicted octanol–water partition coefficient (Wildman–Crippen LogP) is 1.93. The molecule has 2 nitrogen and oxygen atoms in total. The van der Waals surface area contributed by atoms with E-state index >= 15 is 0 Å². The van der Waals surface area contributed by atoms with Crippen LogP contribution in [0.5, 0.6) is 0 Å². The second-order valence-corrected chi connectivity index (χ2v) is 3.78. The Morgan fingerprint density at radius 2 is 2.18 bits per heavy atom. The molecule has 0 heterocycles. The van der Waals surface area contributed by atoms with E-state index in [1.54, 1.807) is 0 Å². The molecule has 0 atom stereocenters. The molecule has 3 heteroatoms.